The summed E-state index contributed by atoms with van der Waals surface area (Å²) in [5, 5.41) is 16.7. The third-order valence-electron chi connectivity index (χ3n) is 7.94. The number of benzene rings is 2. The average molecular weight is 690 g/mol. The Labute approximate surface area is 283 Å². The molecule has 0 saturated carbocycles. The number of nitrogens with zero attached hydrogens (tertiary/aromatic N) is 2. The molecule has 1 amide bonds. The molecule has 1 aromatic heterocycles. The summed E-state index contributed by atoms with van der Waals surface area (Å²) in [4.78, 5) is 22.5. The lowest BCUT2D eigenvalue weighted by Crippen LogP contribution is -2.46. The predicted molar refractivity (Wildman–Crippen MR) is 181 cm³/mol. The highest BCUT2D eigenvalue weighted by Crippen LogP contribution is 2.33. The lowest BCUT2D eigenvalue weighted by molar-refractivity contribution is -0.140. The number of amides is 1. The number of carboxylic acid groups (broad SMARTS) is 1. The van der Waals surface area contributed by atoms with E-state index in [0.29, 0.717) is 71.8 Å². The van der Waals surface area contributed by atoms with Crippen molar-refractivity contribution in [2.75, 3.05) is 51.0 Å². The van der Waals surface area contributed by atoms with Crippen LogP contribution in [0.2, 0.25) is 0 Å². The molecule has 0 bridgehead atoms. The summed E-state index contributed by atoms with van der Waals surface area (Å²) < 4.78 is 67.6. The molecule has 10 nitrogen and oxygen atoms in total. The van der Waals surface area contributed by atoms with Crippen molar-refractivity contribution in [2.24, 2.45) is 5.73 Å². The Morgan fingerprint density at radius 1 is 1.24 bits per heavy atom. The Morgan fingerprint density at radius 3 is 2.61 bits per heavy atom. The lowest BCUT2D eigenvalue weighted by atomic mass is 9.93. The number of hydrogen-bond acceptors (Lipinski definition) is 7. The molecule has 1 fully saturated rings. The number of rotatable bonds is 13. The number of primary amides is 1. The van der Waals surface area contributed by atoms with Crippen LogP contribution in [0.15, 0.2) is 54.8 Å². The van der Waals surface area contributed by atoms with Gasteiger partial charge >= 0.3 is 12.1 Å². The normalized spacial score (nSPS) is 16.7. The van der Waals surface area contributed by atoms with E-state index in [2.05, 4.69) is 34.8 Å². The average Bonchev–Trinajstić information content (AvgIpc) is 3.37. The Morgan fingerprint density at radius 2 is 1.98 bits per heavy atom. The van der Waals surface area contributed by atoms with Gasteiger partial charge in [-0.25, -0.2) is 4.39 Å². The monoisotopic (exact) mass is 689 g/mol. The number of nitrogens with two attached hydrogens (primary N) is 1. The second-order valence-electron chi connectivity index (χ2n) is 11.4. The summed E-state index contributed by atoms with van der Waals surface area (Å²) in [5.74, 6) is 4.89. The highest BCUT2D eigenvalue weighted by Gasteiger charge is 2.31. The summed E-state index contributed by atoms with van der Waals surface area (Å²) in [6, 6.07) is 11.1. The van der Waals surface area contributed by atoms with Gasteiger partial charge in [-0.2, -0.15) is 13.2 Å². The molecule has 0 spiro atoms. The number of aromatic nitrogens is 1. The van der Waals surface area contributed by atoms with Crippen LogP contribution < -0.4 is 21.1 Å². The summed E-state index contributed by atoms with van der Waals surface area (Å²) in [7, 11) is 3.31. The van der Waals surface area contributed by atoms with E-state index in [-0.39, 0.29) is 25.2 Å². The van der Waals surface area contributed by atoms with Crippen molar-refractivity contribution < 1.29 is 41.7 Å². The van der Waals surface area contributed by atoms with Crippen LogP contribution in [-0.2, 0) is 20.9 Å². The molecule has 49 heavy (non-hydrogen) atoms. The largest absolute Gasteiger partial charge is 0.499 e. The molecule has 266 valence electrons. The number of likely N-dealkylation sites (tertiary alicyclic amines) is 1. The van der Waals surface area contributed by atoms with Gasteiger partial charge in [0.25, 0.3) is 0 Å². The van der Waals surface area contributed by atoms with Crippen molar-refractivity contribution in [2.45, 2.75) is 57.0 Å². The lowest BCUT2D eigenvalue weighted by Gasteiger charge is -2.33. The standard InChI is InChI=1S/C34H40F4N4O4.CH3NO/c1-5-46-22(2)11-13-25(33(43)44)23-12-14-30(32(18-23)45-4)39-16-7-8-24-19-26-28(40-29-15-17-41(3)20-27(29)35)9-6-10-31(26)42(24)21-34(36,37)38;2-1-3/h6,9-10,12,14,18-19,25,27,29,39-40H,2,5,11,13,15-17,20-21H2,1,3-4H3,(H,43,44);1H,(H2,2,3). The van der Waals surface area contributed by atoms with Crippen molar-refractivity contribution in [1.82, 2.24) is 9.47 Å². The van der Waals surface area contributed by atoms with E-state index in [1.807, 2.05) is 18.9 Å². The van der Waals surface area contributed by atoms with Crippen molar-refractivity contribution >= 4 is 34.7 Å². The smallest absolute Gasteiger partial charge is 0.406 e. The number of allylic oxidation sites excluding steroid dienone is 1. The van der Waals surface area contributed by atoms with Crippen molar-refractivity contribution in [1.29, 1.82) is 0 Å². The Hall–Kier alpha value is -4.90. The van der Waals surface area contributed by atoms with Gasteiger partial charge in [0, 0.05) is 30.6 Å². The van der Waals surface area contributed by atoms with Gasteiger partial charge in [0.05, 0.1) is 54.9 Å². The molecule has 3 atom stereocenters. The third-order valence-corrected chi connectivity index (χ3v) is 7.94. The molecule has 5 N–H and O–H groups in total. The number of hydrogen-bond donors (Lipinski definition) is 4. The van der Waals surface area contributed by atoms with E-state index in [4.69, 9.17) is 14.3 Å². The zero-order valence-corrected chi connectivity index (χ0v) is 27.8. The number of aliphatic carboxylic acids is 1. The Kier molecular flexibility index (Phi) is 14.2. The van der Waals surface area contributed by atoms with Gasteiger partial charge in [0.2, 0.25) is 6.41 Å². The second kappa shape index (κ2) is 18.0. The Bertz CT molecular complexity index is 1650. The van der Waals surface area contributed by atoms with Crippen molar-refractivity contribution in [3.05, 3.63) is 66.1 Å². The summed E-state index contributed by atoms with van der Waals surface area (Å²) in [6.45, 7) is 5.94. The van der Waals surface area contributed by atoms with Crippen LogP contribution in [0.1, 0.15) is 43.4 Å². The third kappa shape index (κ3) is 11.1. The van der Waals surface area contributed by atoms with Crippen LogP contribution in [0.3, 0.4) is 0 Å². The molecule has 1 aliphatic heterocycles. The van der Waals surface area contributed by atoms with Crippen LogP contribution in [0.5, 0.6) is 5.75 Å². The van der Waals surface area contributed by atoms with Gasteiger partial charge in [0.1, 0.15) is 18.5 Å². The number of methoxy groups -OCH3 is 1. The maximum absolute atomic E-state index is 14.7. The van der Waals surface area contributed by atoms with Gasteiger partial charge in [-0.1, -0.05) is 24.6 Å². The first-order valence-corrected chi connectivity index (χ1v) is 15.7. The minimum atomic E-state index is -4.48. The number of carboxylic acids is 1. The molecule has 3 aromatic rings. The summed E-state index contributed by atoms with van der Waals surface area (Å²) >= 11 is 0. The van der Waals surface area contributed by atoms with Gasteiger partial charge in [-0.05, 0) is 68.6 Å². The molecule has 3 unspecified atom stereocenters. The molecule has 2 heterocycles. The zero-order chi connectivity index (χ0) is 36.1. The number of halogens is 4. The number of anilines is 2. The number of ether oxygens (including phenoxy) is 2. The minimum absolute atomic E-state index is 0.0734. The van der Waals surface area contributed by atoms with Gasteiger partial charge in [0.15, 0.2) is 0 Å². The van der Waals surface area contributed by atoms with Crippen LogP contribution in [0, 0.1) is 11.8 Å². The van der Waals surface area contributed by atoms with Crippen molar-refractivity contribution in [3.8, 4) is 17.6 Å². The topological polar surface area (TPSA) is 131 Å². The number of fused-ring (bicyclic) bond motifs is 1. The van der Waals surface area contributed by atoms with E-state index in [0.717, 1.165) is 4.57 Å². The maximum Gasteiger partial charge on any atom is 0.406 e. The van der Waals surface area contributed by atoms with E-state index >= 15 is 0 Å². The van der Waals surface area contributed by atoms with Crippen LogP contribution >= 0.6 is 0 Å². The summed E-state index contributed by atoms with van der Waals surface area (Å²) in [5.41, 5.74) is 6.33. The van der Waals surface area contributed by atoms with Crippen molar-refractivity contribution in [3.63, 3.8) is 0 Å². The molecule has 0 radical (unpaired) electrons. The first-order valence-electron chi connectivity index (χ1n) is 15.7. The molecule has 4 rings (SSSR count). The second-order valence-corrected chi connectivity index (χ2v) is 11.4. The van der Waals surface area contributed by atoms with Crippen LogP contribution in [-0.4, -0.2) is 85.7 Å². The maximum atomic E-state index is 14.7. The number of nitrogens with one attached hydrogen (secondary N) is 2. The molecule has 1 saturated heterocycles. The fourth-order valence-electron chi connectivity index (χ4n) is 5.64. The van der Waals surface area contributed by atoms with Gasteiger partial charge < -0.3 is 40.4 Å². The summed E-state index contributed by atoms with van der Waals surface area (Å²) in [6.07, 6.45) is -4.09. The van der Waals surface area contributed by atoms with E-state index in [1.54, 1.807) is 42.5 Å². The fraction of sp³-hybridized carbons (Fsp3) is 0.429. The minimum Gasteiger partial charge on any atom is -0.499 e. The molecular weight excluding hydrogens is 646 g/mol. The number of carbonyl (C=O) groups excluding carboxylic acids is 1. The quantitative estimate of drug-likeness (QED) is 0.0775. The van der Waals surface area contributed by atoms with E-state index in [9.17, 15) is 27.5 Å². The SMILES string of the molecule is C=C(CCC(C(=O)O)c1ccc(NCC#Cc2cc3c(NC4CCN(C)CC4F)cccc3n2CC(F)(F)F)c(OC)c1)OCC.NC=O. The first-order chi connectivity index (χ1) is 23.3. The number of carbonyl (C=O) groups is 2. The highest BCUT2D eigenvalue weighted by atomic mass is 19.4. The van der Waals surface area contributed by atoms with E-state index in [1.165, 1.54) is 7.11 Å². The molecular formula is C35H43F4N5O5. The fourth-order valence-corrected chi connectivity index (χ4v) is 5.64. The van der Waals surface area contributed by atoms with Crippen LogP contribution in [0.25, 0.3) is 10.9 Å². The Balaban J connectivity index is 0.00000209. The molecule has 1 aliphatic rings. The van der Waals surface area contributed by atoms with Crippen LogP contribution in [0.4, 0.5) is 28.9 Å². The van der Waals surface area contributed by atoms with E-state index < -0.39 is 36.8 Å². The zero-order valence-electron chi connectivity index (χ0n) is 27.8. The molecule has 2 aromatic carbocycles. The van der Waals surface area contributed by atoms with Gasteiger partial charge in [-0.3, -0.25) is 9.59 Å². The number of alkyl halides is 4. The predicted octanol–water partition coefficient (Wildman–Crippen LogP) is 5.73. The first kappa shape index (κ1) is 38.5. The highest BCUT2D eigenvalue weighted by molar-refractivity contribution is 5.94. The molecule has 14 heteroatoms. The van der Waals surface area contributed by atoms with Gasteiger partial charge in [-0.15, -0.1) is 0 Å². The number of piperidine rings is 1. The molecule has 0 aliphatic carbocycles.